The van der Waals surface area contributed by atoms with Crippen molar-refractivity contribution in [2.45, 2.75) is 6.92 Å². The maximum atomic E-state index is 11.7. The number of nitrogens with one attached hydrogen (secondary N) is 2. The minimum Gasteiger partial charge on any atom is -0.321 e. The lowest BCUT2D eigenvalue weighted by atomic mass is 10.1. The van der Waals surface area contributed by atoms with Gasteiger partial charge >= 0.3 is 6.09 Å². The van der Waals surface area contributed by atoms with Crippen LogP contribution in [0.25, 0.3) is 11.1 Å². The second kappa shape index (κ2) is 8.73. The number of carbonyl (C=O) groups is 3. The van der Waals surface area contributed by atoms with Gasteiger partial charge in [0.1, 0.15) is 0 Å². The van der Waals surface area contributed by atoms with Crippen LogP contribution in [0, 0.1) is 0 Å². The number of hydrogen-bond donors (Lipinski definition) is 2. The van der Waals surface area contributed by atoms with Crippen molar-refractivity contribution in [1.82, 2.24) is 5.48 Å². The topological polar surface area (TPSA) is 84.5 Å². The first-order valence-corrected chi connectivity index (χ1v) is 8.08. The normalized spacial score (nSPS) is 9.88. The molecule has 2 aromatic carbocycles. The number of hydroxylamine groups is 1. The molecule has 2 aromatic rings. The number of benzene rings is 2. The Morgan fingerprint density at radius 3 is 2.42 bits per heavy atom. The van der Waals surface area contributed by atoms with Crippen LogP contribution >= 0.6 is 11.8 Å². The number of anilines is 1. The Hall–Kier alpha value is -2.80. The van der Waals surface area contributed by atoms with Crippen LogP contribution in [0.3, 0.4) is 0 Å². The summed E-state index contributed by atoms with van der Waals surface area (Å²) in [6.45, 7) is 1.35. The number of hydrogen-bond acceptors (Lipinski definition) is 5. The molecule has 6 nitrogen and oxygen atoms in total. The van der Waals surface area contributed by atoms with Gasteiger partial charge in [0.25, 0.3) is 5.91 Å². The van der Waals surface area contributed by atoms with E-state index in [9.17, 15) is 14.4 Å². The van der Waals surface area contributed by atoms with E-state index in [-0.39, 0.29) is 10.9 Å². The summed E-state index contributed by atoms with van der Waals surface area (Å²) in [6.07, 6.45) is -0.818. The fraction of sp³-hybridized carbons (Fsp3) is 0.118. The van der Waals surface area contributed by atoms with Gasteiger partial charge < -0.3 is 4.84 Å². The molecule has 2 rings (SSSR count). The first kappa shape index (κ1) is 17.6. The van der Waals surface area contributed by atoms with Gasteiger partial charge in [-0.2, -0.15) is 5.48 Å². The Kier molecular flexibility index (Phi) is 6.39. The van der Waals surface area contributed by atoms with Gasteiger partial charge in [0.15, 0.2) is 5.12 Å². The van der Waals surface area contributed by atoms with Gasteiger partial charge in [0.05, 0.1) is 5.75 Å². The highest BCUT2D eigenvalue weighted by Gasteiger charge is 2.09. The van der Waals surface area contributed by atoms with Crippen molar-refractivity contribution in [3.8, 4) is 11.1 Å². The van der Waals surface area contributed by atoms with Crippen LogP contribution in [0.15, 0.2) is 54.6 Å². The Bertz CT molecular complexity index is 734. The molecule has 0 aliphatic rings. The van der Waals surface area contributed by atoms with Crippen molar-refractivity contribution < 1.29 is 19.2 Å². The lowest BCUT2D eigenvalue weighted by Crippen LogP contribution is -2.31. The molecule has 0 aromatic heterocycles. The molecule has 0 aliphatic carbocycles. The average molecular weight is 344 g/mol. The van der Waals surface area contributed by atoms with E-state index in [2.05, 4.69) is 10.2 Å². The quantitative estimate of drug-likeness (QED) is 0.832. The molecule has 0 fully saturated rings. The third-order valence-electron chi connectivity index (χ3n) is 2.88. The first-order chi connectivity index (χ1) is 11.5. The minimum absolute atomic E-state index is 0.105. The molecule has 124 valence electrons. The molecule has 0 spiro atoms. The van der Waals surface area contributed by atoms with Gasteiger partial charge in [0.2, 0.25) is 0 Å². The summed E-state index contributed by atoms with van der Waals surface area (Å²) in [5, 5.41) is 2.34. The molecule has 0 saturated carbocycles. The van der Waals surface area contributed by atoms with Crippen molar-refractivity contribution in [1.29, 1.82) is 0 Å². The van der Waals surface area contributed by atoms with E-state index in [1.165, 1.54) is 6.92 Å². The van der Waals surface area contributed by atoms with Crippen LogP contribution in [0.5, 0.6) is 0 Å². The highest BCUT2D eigenvalue weighted by Crippen LogP contribution is 2.22. The van der Waals surface area contributed by atoms with Crippen LogP contribution in [-0.2, 0) is 14.4 Å². The fourth-order valence-corrected chi connectivity index (χ4v) is 2.24. The zero-order valence-corrected chi connectivity index (χ0v) is 13.8. The van der Waals surface area contributed by atoms with Crippen LogP contribution in [0.2, 0.25) is 0 Å². The van der Waals surface area contributed by atoms with E-state index in [1.807, 2.05) is 41.9 Å². The molecule has 2 N–H and O–H groups in total. The zero-order chi connectivity index (χ0) is 17.4. The standard InChI is InChI=1S/C17H16N2O4S/c1-12(20)24-11-16(21)19-23-17(22)18-15-9-5-8-14(10-15)13-6-3-2-4-7-13/h2-10H,11H2,1H3,(H,18,22)(H,19,21). The summed E-state index contributed by atoms with van der Waals surface area (Å²) in [7, 11) is 0. The molecule has 24 heavy (non-hydrogen) atoms. The molecule has 0 aliphatic heterocycles. The minimum atomic E-state index is -0.818. The maximum Gasteiger partial charge on any atom is 0.436 e. The molecule has 0 bridgehead atoms. The lowest BCUT2D eigenvalue weighted by molar-refractivity contribution is -0.126. The van der Waals surface area contributed by atoms with Gasteiger partial charge in [-0.15, -0.1) is 0 Å². The predicted molar refractivity (Wildman–Crippen MR) is 93.3 cm³/mol. The Morgan fingerprint density at radius 2 is 1.71 bits per heavy atom. The third-order valence-corrected chi connectivity index (χ3v) is 3.69. The smallest absolute Gasteiger partial charge is 0.321 e. The summed E-state index contributed by atoms with van der Waals surface area (Å²) in [6, 6.07) is 16.9. The SMILES string of the molecule is CC(=O)SCC(=O)NOC(=O)Nc1cccc(-c2ccccc2)c1. The first-order valence-electron chi connectivity index (χ1n) is 7.10. The van der Waals surface area contributed by atoms with Crippen LogP contribution in [-0.4, -0.2) is 22.9 Å². The van der Waals surface area contributed by atoms with E-state index in [4.69, 9.17) is 0 Å². The van der Waals surface area contributed by atoms with Crippen molar-refractivity contribution >= 4 is 34.6 Å². The van der Waals surface area contributed by atoms with Gasteiger partial charge in [-0.1, -0.05) is 54.2 Å². The predicted octanol–water partition coefficient (Wildman–Crippen LogP) is 3.21. The molecule has 2 amide bonds. The highest BCUT2D eigenvalue weighted by atomic mass is 32.2. The van der Waals surface area contributed by atoms with Crippen LogP contribution < -0.4 is 10.8 Å². The van der Waals surface area contributed by atoms with E-state index in [0.717, 1.165) is 22.9 Å². The molecule has 0 unspecified atom stereocenters. The van der Waals surface area contributed by atoms with Crippen molar-refractivity contribution in [3.63, 3.8) is 0 Å². The molecule has 7 heteroatoms. The second-order valence-corrected chi connectivity index (χ2v) is 5.92. The maximum absolute atomic E-state index is 11.7. The van der Waals surface area contributed by atoms with Gasteiger partial charge in [-0.25, -0.2) is 4.79 Å². The number of rotatable bonds is 4. The summed E-state index contributed by atoms with van der Waals surface area (Å²) >= 11 is 0.832. The summed E-state index contributed by atoms with van der Waals surface area (Å²) in [5.41, 5.74) is 4.47. The molecule has 0 saturated heterocycles. The Morgan fingerprint density at radius 1 is 1.00 bits per heavy atom. The van der Waals surface area contributed by atoms with Crippen LogP contribution in [0.1, 0.15) is 6.92 Å². The Labute approximate surface area is 143 Å². The van der Waals surface area contributed by atoms with Crippen molar-refractivity contribution in [3.05, 3.63) is 54.6 Å². The molecular weight excluding hydrogens is 328 g/mol. The molecule has 0 heterocycles. The van der Waals surface area contributed by atoms with Gasteiger partial charge in [-0.05, 0) is 23.3 Å². The Balaban J connectivity index is 1.88. The van der Waals surface area contributed by atoms with Crippen LogP contribution in [0.4, 0.5) is 10.5 Å². The van der Waals surface area contributed by atoms with E-state index in [1.54, 1.807) is 18.2 Å². The number of carbonyl (C=O) groups excluding carboxylic acids is 3. The van der Waals surface area contributed by atoms with E-state index >= 15 is 0 Å². The highest BCUT2D eigenvalue weighted by molar-refractivity contribution is 8.14. The average Bonchev–Trinajstić information content (AvgIpc) is 2.59. The third kappa shape index (κ3) is 5.77. The molecule has 0 atom stereocenters. The van der Waals surface area contributed by atoms with E-state index < -0.39 is 12.0 Å². The summed E-state index contributed by atoms with van der Waals surface area (Å²) in [5.74, 6) is -0.671. The molecular formula is C17H16N2O4S. The van der Waals surface area contributed by atoms with E-state index in [0.29, 0.717) is 5.69 Å². The largest absolute Gasteiger partial charge is 0.436 e. The second-order valence-electron chi connectivity index (χ2n) is 4.77. The van der Waals surface area contributed by atoms with Crippen molar-refractivity contribution in [2.75, 3.05) is 11.1 Å². The van der Waals surface area contributed by atoms with Gasteiger partial charge in [-0.3, -0.25) is 14.9 Å². The number of amides is 2. The number of thioether (sulfide) groups is 1. The summed E-state index contributed by atoms with van der Waals surface area (Å²) in [4.78, 5) is 38.4. The van der Waals surface area contributed by atoms with Crippen molar-refractivity contribution in [2.24, 2.45) is 0 Å². The fourth-order valence-electron chi connectivity index (χ4n) is 1.85. The lowest BCUT2D eigenvalue weighted by Gasteiger charge is -2.08. The zero-order valence-electron chi connectivity index (χ0n) is 12.9. The monoisotopic (exact) mass is 344 g/mol. The summed E-state index contributed by atoms with van der Waals surface area (Å²) < 4.78 is 0. The molecule has 0 radical (unpaired) electrons. The van der Waals surface area contributed by atoms with Gasteiger partial charge in [0, 0.05) is 12.6 Å².